The summed E-state index contributed by atoms with van der Waals surface area (Å²) in [4.78, 5) is 8.54. The second-order valence-electron chi connectivity index (χ2n) is 5.52. The third-order valence-electron chi connectivity index (χ3n) is 4.12. The Morgan fingerprint density at radius 2 is 2.00 bits per heavy atom. The zero-order valence-corrected chi connectivity index (χ0v) is 13.8. The van der Waals surface area contributed by atoms with Crippen LogP contribution in [0.25, 0.3) is 16.7 Å². The van der Waals surface area contributed by atoms with Crippen LogP contribution in [-0.2, 0) is 0 Å². The van der Waals surface area contributed by atoms with Crippen LogP contribution in [0, 0.1) is 37.9 Å². The molecule has 122 valence electrons. The molecular formula is C17H16FN5O. The normalized spacial score (nSPS) is 10.8. The Labute approximate surface area is 138 Å². The number of aryl methyl sites for hydroxylation is 1. The smallest absolute Gasteiger partial charge is 0.151 e. The molecule has 6 nitrogen and oxygen atoms in total. The van der Waals surface area contributed by atoms with Crippen LogP contribution in [0.5, 0.6) is 5.75 Å². The van der Waals surface area contributed by atoms with Gasteiger partial charge in [-0.3, -0.25) is 4.57 Å². The van der Waals surface area contributed by atoms with E-state index in [4.69, 9.17) is 10.5 Å². The third kappa shape index (κ3) is 2.07. The Balaban J connectivity index is 2.53. The van der Waals surface area contributed by atoms with Crippen LogP contribution in [0.3, 0.4) is 0 Å². The van der Waals surface area contributed by atoms with Crippen LogP contribution in [0.2, 0.25) is 0 Å². The first-order valence-corrected chi connectivity index (χ1v) is 7.28. The largest absolute Gasteiger partial charge is 0.496 e. The highest BCUT2D eigenvalue weighted by Crippen LogP contribution is 2.36. The van der Waals surface area contributed by atoms with E-state index in [9.17, 15) is 9.65 Å². The van der Waals surface area contributed by atoms with Gasteiger partial charge in [0.1, 0.15) is 34.8 Å². The quantitative estimate of drug-likeness (QED) is 0.782. The predicted molar refractivity (Wildman–Crippen MR) is 88.7 cm³/mol. The van der Waals surface area contributed by atoms with Crippen LogP contribution in [0.15, 0.2) is 12.3 Å². The van der Waals surface area contributed by atoms with Crippen molar-refractivity contribution in [2.24, 2.45) is 0 Å². The van der Waals surface area contributed by atoms with Gasteiger partial charge in [0.15, 0.2) is 5.65 Å². The highest BCUT2D eigenvalue weighted by atomic mass is 19.1. The molecule has 0 radical (unpaired) electrons. The van der Waals surface area contributed by atoms with E-state index in [1.165, 1.54) is 13.2 Å². The topological polar surface area (TPSA) is 89.8 Å². The van der Waals surface area contributed by atoms with Gasteiger partial charge in [0.05, 0.1) is 18.2 Å². The molecule has 2 N–H and O–H groups in total. The fourth-order valence-electron chi connectivity index (χ4n) is 2.90. The summed E-state index contributed by atoms with van der Waals surface area (Å²) >= 11 is 0. The van der Waals surface area contributed by atoms with Crippen molar-refractivity contribution in [3.8, 4) is 17.5 Å². The molecule has 0 fully saturated rings. The maximum absolute atomic E-state index is 14.4. The molecule has 0 bridgehead atoms. The molecule has 0 aliphatic rings. The lowest BCUT2D eigenvalue weighted by Crippen LogP contribution is -2.08. The molecule has 0 amide bonds. The van der Waals surface area contributed by atoms with E-state index in [-0.39, 0.29) is 11.4 Å². The Morgan fingerprint density at radius 1 is 1.29 bits per heavy atom. The fourth-order valence-corrected chi connectivity index (χ4v) is 2.90. The summed E-state index contributed by atoms with van der Waals surface area (Å²) < 4.78 is 21.2. The second kappa shape index (κ2) is 5.49. The van der Waals surface area contributed by atoms with Crippen LogP contribution >= 0.6 is 0 Å². The summed E-state index contributed by atoms with van der Waals surface area (Å²) in [7, 11) is 1.48. The van der Waals surface area contributed by atoms with Gasteiger partial charge in [-0.2, -0.15) is 5.26 Å². The first-order chi connectivity index (χ1) is 11.4. The number of aromatic nitrogens is 3. The van der Waals surface area contributed by atoms with Gasteiger partial charge in [0, 0.05) is 23.4 Å². The lowest BCUT2D eigenvalue weighted by atomic mass is 10.1. The molecule has 24 heavy (non-hydrogen) atoms. The summed E-state index contributed by atoms with van der Waals surface area (Å²) in [5.74, 6) is 0.715. The molecule has 0 aliphatic heterocycles. The molecule has 2 heterocycles. The maximum atomic E-state index is 14.4. The van der Waals surface area contributed by atoms with Crippen molar-refractivity contribution in [2.45, 2.75) is 20.8 Å². The van der Waals surface area contributed by atoms with Gasteiger partial charge in [0.2, 0.25) is 0 Å². The summed E-state index contributed by atoms with van der Waals surface area (Å²) in [6, 6.07) is 3.41. The van der Waals surface area contributed by atoms with Gasteiger partial charge < -0.3 is 10.5 Å². The standard InChI is InChI=1S/C17H16FN5O/c1-8-13(18)5-14(24-4)9(2)15(8)23-16(20)11(6-19)12-7-21-10(3)22-17(12)23/h5,7H,20H2,1-4H3. The lowest BCUT2D eigenvalue weighted by molar-refractivity contribution is 0.407. The number of ether oxygens (including phenoxy) is 1. The van der Waals surface area contributed by atoms with Crippen molar-refractivity contribution >= 4 is 16.9 Å². The fraction of sp³-hybridized carbons (Fsp3) is 0.235. The molecule has 0 atom stereocenters. The number of hydrogen-bond donors (Lipinski definition) is 1. The van der Waals surface area contributed by atoms with Gasteiger partial charge in [-0.25, -0.2) is 14.4 Å². The molecule has 0 aliphatic carbocycles. The third-order valence-corrected chi connectivity index (χ3v) is 4.12. The number of fused-ring (bicyclic) bond motifs is 1. The second-order valence-corrected chi connectivity index (χ2v) is 5.52. The van der Waals surface area contributed by atoms with Gasteiger partial charge in [0.25, 0.3) is 0 Å². The van der Waals surface area contributed by atoms with E-state index in [0.29, 0.717) is 39.4 Å². The highest BCUT2D eigenvalue weighted by Gasteiger charge is 2.23. The number of nitrogens with two attached hydrogens (primary N) is 1. The number of nitrogens with zero attached hydrogens (tertiary/aromatic N) is 4. The zero-order valence-electron chi connectivity index (χ0n) is 13.8. The Bertz CT molecular complexity index is 1020. The molecule has 1 aromatic carbocycles. The van der Waals surface area contributed by atoms with Crippen molar-refractivity contribution in [3.05, 3.63) is 40.6 Å². The molecule has 0 spiro atoms. The minimum Gasteiger partial charge on any atom is -0.496 e. The van der Waals surface area contributed by atoms with Crippen molar-refractivity contribution in [1.29, 1.82) is 5.26 Å². The molecule has 0 saturated heterocycles. The first kappa shape index (κ1) is 15.7. The zero-order chi connectivity index (χ0) is 17.6. The van der Waals surface area contributed by atoms with E-state index < -0.39 is 5.82 Å². The van der Waals surface area contributed by atoms with Gasteiger partial charge in [-0.05, 0) is 20.8 Å². The highest BCUT2D eigenvalue weighted by molar-refractivity contribution is 5.91. The van der Waals surface area contributed by atoms with Gasteiger partial charge >= 0.3 is 0 Å². The minimum absolute atomic E-state index is 0.200. The monoisotopic (exact) mass is 325 g/mol. The summed E-state index contributed by atoms with van der Waals surface area (Å²) in [6.45, 7) is 5.21. The molecule has 7 heteroatoms. The SMILES string of the molecule is COc1cc(F)c(C)c(-n2c(N)c(C#N)c3cnc(C)nc32)c1C. The van der Waals surface area contributed by atoms with Crippen LogP contribution in [0.1, 0.15) is 22.5 Å². The van der Waals surface area contributed by atoms with Crippen molar-refractivity contribution in [3.63, 3.8) is 0 Å². The molecule has 2 aromatic heterocycles. The lowest BCUT2D eigenvalue weighted by Gasteiger charge is -2.17. The molecule has 3 aromatic rings. The number of halogens is 1. The average molecular weight is 325 g/mol. The summed E-state index contributed by atoms with van der Waals surface area (Å²) in [6.07, 6.45) is 1.56. The summed E-state index contributed by atoms with van der Waals surface area (Å²) in [5, 5.41) is 9.97. The van der Waals surface area contributed by atoms with Crippen molar-refractivity contribution in [2.75, 3.05) is 12.8 Å². The number of methoxy groups -OCH3 is 1. The van der Waals surface area contributed by atoms with E-state index in [2.05, 4.69) is 16.0 Å². The van der Waals surface area contributed by atoms with E-state index in [1.54, 1.807) is 24.6 Å². The Hall–Kier alpha value is -3.14. The van der Waals surface area contributed by atoms with Gasteiger partial charge in [-0.15, -0.1) is 0 Å². The minimum atomic E-state index is -0.419. The average Bonchev–Trinajstić information content (AvgIpc) is 2.82. The number of benzene rings is 1. The number of hydrogen-bond acceptors (Lipinski definition) is 5. The van der Waals surface area contributed by atoms with Gasteiger partial charge in [-0.1, -0.05) is 0 Å². The van der Waals surface area contributed by atoms with Crippen molar-refractivity contribution < 1.29 is 9.13 Å². The van der Waals surface area contributed by atoms with Crippen molar-refractivity contribution in [1.82, 2.24) is 14.5 Å². The van der Waals surface area contributed by atoms with E-state index in [1.807, 2.05) is 6.92 Å². The first-order valence-electron chi connectivity index (χ1n) is 7.28. The maximum Gasteiger partial charge on any atom is 0.151 e. The molecule has 0 unspecified atom stereocenters. The van der Waals surface area contributed by atoms with Crippen LogP contribution in [0.4, 0.5) is 10.2 Å². The molecule has 3 rings (SSSR count). The predicted octanol–water partition coefficient (Wildman–Crippen LogP) is 2.95. The van der Waals surface area contributed by atoms with E-state index in [0.717, 1.165) is 0 Å². The van der Waals surface area contributed by atoms with E-state index >= 15 is 0 Å². The number of nitrogen functional groups attached to an aromatic ring is 1. The Kier molecular flexibility index (Phi) is 3.60. The number of nitriles is 1. The summed E-state index contributed by atoms with van der Waals surface area (Å²) in [5.41, 5.74) is 8.57. The molecular weight excluding hydrogens is 309 g/mol. The number of rotatable bonds is 2. The van der Waals surface area contributed by atoms with Crippen LogP contribution < -0.4 is 10.5 Å². The molecule has 0 saturated carbocycles. The van der Waals surface area contributed by atoms with Crippen LogP contribution in [-0.4, -0.2) is 21.6 Å². The Morgan fingerprint density at radius 3 is 2.62 bits per heavy atom. The number of anilines is 1.